The van der Waals surface area contributed by atoms with E-state index in [1.54, 1.807) is 16.8 Å². The van der Waals surface area contributed by atoms with Gasteiger partial charge in [-0.25, -0.2) is 5.48 Å². The zero-order chi connectivity index (χ0) is 23.5. The Morgan fingerprint density at radius 1 is 1.00 bits per heavy atom. The van der Waals surface area contributed by atoms with Crippen LogP contribution in [-0.4, -0.2) is 41.8 Å². The average molecular weight is 478 g/mol. The first-order valence-corrected chi connectivity index (χ1v) is 12.4. The molecule has 3 amide bonds. The van der Waals surface area contributed by atoms with Gasteiger partial charge in [-0.05, 0) is 29.3 Å². The second-order valence-electron chi connectivity index (χ2n) is 7.93. The summed E-state index contributed by atoms with van der Waals surface area (Å²) in [6, 6.07) is 12.5. The van der Waals surface area contributed by atoms with Gasteiger partial charge in [0.25, 0.3) is 0 Å². The van der Waals surface area contributed by atoms with Crippen LogP contribution in [0.2, 0.25) is 0 Å². The van der Waals surface area contributed by atoms with Gasteiger partial charge in [0.15, 0.2) is 0 Å². The molecule has 0 bridgehead atoms. The van der Waals surface area contributed by atoms with Crippen molar-refractivity contribution in [1.29, 1.82) is 0 Å². The molecule has 0 fully saturated rings. The van der Waals surface area contributed by atoms with Crippen LogP contribution in [0.25, 0.3) is 0 Å². The second-order valence-corrected chi connectivity index (χ2v) is 10.2. The Morgan fingerprint density at radius 3 is 2.28 bits per heavy atom. The Hall–Kier alpha value is -2.36. The number of hydrogen-bond acceptors (Lipinski definition) is 6. The number of rotatable bonds is 12. The van der Waals surface area contributed by atoms with Crippen molar-refractivity contribution in [2.24, 2.45) is 17.8 Å². The number of benzene rings is 1. The summed E-state index contributed by atoms with van der Waals surface area (Å²) >= 11 is 3.02. The van der Waals surface area contributed by atoms with Crippen molar-refractivity contribution in [3.63, 3.8) is 0 Å². The highest BCUT2D eigenvalue weighted by Gasteiger charge is 2.36. The van der Waals surface area contributed by atoms with Crippen LogP contribution in [0, 0.1) is 17.8 Å². The van der Waals surface area contributed by atoms with E-state index >= 15 is 0 Å². The second kappa shape index (κ2) is 13.2. The molecule has 2 rings (SSSR count). The van der Waals surface area contributed by atoms with E-state index in [9.17, 15) is 19.6 Å². The molecule has 0 aliphatic carbocycles. The zero-order valence-electron chi connectivity index (χ0n) is 18.5. The lowest BCUT2D eigenvalue weighted by atomic mass is 9.84. The van der Waals surface area contributed by atoms with Crippen molar-refractivity contribution in [3.05, 3.63) is 53.4 Å². The number of thiophene rings is 1. The summed E-state index contributed by atoms with van der Waals surface area (Å²) in [5, 5.41) is 16.7. The molecule has 32 heavy (non-hydrogen) atoms. The first kappa shape index (κ1) is 25.9. The molecule has 1 aromatic heterocycles. The SMILES string of the molecule is CNC(=O)[C@H](Cc1ccccc1)NC(=O)[C@@H](CC(C)C)C(CSc1cccs1)C(=O)NO. The smallest absolute Gasteiger partial charge is 0.248 e. The molecule has 0 spiro atoms. The summed E-state index contributed by atoms with van der Waals surface area (Å²) in [6.07, 6.45) is 0.780. The van der Waals surface area contributed by atoms with Crippen LogP contribution in [0.4, 0.5) is 0 Å². The minimum absolute atomic E-state index is 0.138. The van der Waals surface area contributed by atoms with Crippen LogP contribution in [0.3, 0.4) is 0 Å². The normalized spacial score (nSPS) is 13.8. The van der Waals surface area contributed by atoms with E-state index in [2.05, 4.69) is 10.6 Å². The van der Waals surface area contributed by atoms with E-state index in [0.29, 0.717) is 18.6 Å². The van der Waals surface area contributed by atoms with Crippen LogP contribution in [0.15, 0.2) is 52.1 Å². The Morgan fingerprint density at radius 2 is 1.72 bits per heavy atom. The predicted octanol–water partition coefficient (Wildman–Crippen LogP) is 3.10. The summed E-state index contributed by atoms with van der Waals surface area (Å²) < 4.78 is 1.02. The summed E-state index contributed by atoms with van der Waals surface area (Å²) in [5.41, 5.74) is 2.64. The van der Waals surface area contributed by atoms with Gasteiger partial charge in [-0.1, -0.05) is 50.2 Å². The van der Waals surface area contributed by atoms with Gasteiger partial charge in [-0.3, -0.25) is 19.6 Å². The van der Waals surface area contributed by atoms with Crippen LogP contribution in [-0.2, 0) is 20.8 Å². The highest BCUT2D eigenvalue weighted by atomic mass is 32.2. The number of likely N-dealkylation sites (N-methyl/N-ethyl adjacent to an activating group) is 1. The summed E-state index contributed by atoms with van der Waals surface area (Å²) in [6.45, 7) is 3.95. The maximum Gasteiger partial charge on any atom is 0.248 e. The number of thioether (sulfide) groups is 1. The van der Waals surface area contributed by atoms with Crippen LogP contribution >= 0.6 is 23.1 Å². The van der Waals surface area contributed by atoms with Crippen molar-refractivity contribution < 1.29 is 19.6 Å². The molecular weight excluding hydrogens is 446 g/mol. The summed E-state index contributed by atoms with van der Waals surface area (Å²) in [4.78, 5) is 38.4. The number of carbonyl (C=O) groups excluding carboxylic acids is 3. The molecule has 2 aromatic rings. The fourth-order valence-corrected chi connectivity index (χ4v) is 5.44. The van der Waals surface area contributed by atoms with Crippen LogP contribution in [0.1, 0.15) is 25.8 Å². The van der Waals surface area contributed by atoms with Crippen molar-refractivity contribution in [2.45, 2.75) is 36.9 Å². The van der Waals surface area contributed by atoms with E-state index in [-0.39, 0.29) is 17.7 Å². The number of hydroxylamine groups is 1. The molecule has 1 heterocycles. The molecule has 3 atom stereocenters. The van der Waals surface area contributed by atoms with Crippen LogP contribution in [0.5, 0.6) is 0 Å². The molecule has 0 aliphatic heterocycles. The third kappa shape index (κ3) is 7.96. The highest BCUT2D eigenvalue weighted by molar-refractivity contribution is 8.01. The van der Waals surface area contributed by atoms with Crippen LogP contribution < -0.4 is 16.1 Å². The van der Waals surface area contributed by atoms with Crippen molar-refractivity contribution in [1.82, 2.24) is 16.1 Å². The summed E-state index contributed by atoms with van der Waals surface area (Å²) in [5.74, 6) is -2.26. The summed E-state index contributed by atoms with van der Waals surface area (Å²) in [7, 11) is 1.53. The average Bonchev–Trinajstić information content (AvgIpc) is 3.31. The maximum atomic E-state index is 13.4. The van der Waals surface area contributed by atoms with Crippen molar-refractivity contribution in [3.8, 4) is 0 Å². The highest BCUT2D eigenvalue weighted by Crippen LogP contribution is 2.31. The quantitative estimate of drug-likeness (QED) is 0.213. The van der Waals surface area contributed by atoms with E-state index in [4.69, 9.17) is 0 Å². The monoisotopic (exact) mass is 477 g/mol. The Bertz CT molecular complexity index is 859. The number of amides is 3. The van der Waals surface area contributed by atoms with Gasteiger partial charge in [0, 0.05) is 19.2 Å². The Balaban J connectivity index is 2.23. The fraction of sp³-hybridized carbons (Fsp3) is 0.435. The fourth-order valence-electron chi connectivity index (χ4n) is 3.45. The lowest BCUT2D eigenvalue weighted by Crippen LogP contribution is -2.51. The largest absolute Gasteiger partial charge is 0.357 e. The first-order valence-electron chi connectivity index (χ1n) is 10.5. The number of hydrogen-bond donors (Lipinski definition) is 4. The van der Waals surface area contributed by atoms with E-state index in [0.717, 1.165) is 9.77 Å². The van der Waals surface area contributed by atoms with Gasteiger partial charge in [0.05, 0.1) is 16.0 Å². The lowest BCUT2D eigenvalue weighted by molar-refractivity contribution is -0.140. The number of carbonyl (C=O) groups is 3. The van der Waals surface area contributed by atoms with Gasteiger partial charge in [0.1, 0.15) is 6.04 Å². The molecule has 1 unspecified atom stereocenters. The van der Waals surface area contributed by atoms with E-state index in [1.165, 1.54) is 18.8 Å². The van der Waals surface area contributed by atoms with Gasteiger partial charge >= 0.3 is 0 Å². The molecule has 174 valence electrons. The minimum Gasteiger partial charge on any atom is -0.357 e. The molecule has 0 radical (unpaired) electrons. The molecule has 7 nitrogen and oxygen atoms in total. The Kier molecular flexibility index (Phi) is 10.7. The topological polar surface area (TPSA) is 108 Å². The van der Waals surface area contributed by atoms with Gasteiger partial charge in [-0.2, -0.15) is 0 Å². The molecular formula is C23H31N3O4S2. The first-order chi connectivity index (χ1) is 15.3. The maximum absolute atomic E-state index is 13.4. The van der Waals surface area contributed by atoms with E-state index in [1.807, 2.05) is 61.7 Å². The van der Waals surface area contributed by atoms with Gasteiger partial charge in [0.2, 0.25) is 17.7 Å². The standard InChI is InChI=1S/C23H31N3O4S2/c1-15(2)12-17(18(22(28)26-30)14-32-20-10-7-11-31-20)21(27)25-19(23(29)24-3)13-16-8-5-4-6-9-16/h4-11,15,17-19,30H,12-14H2,1-3H3,(H,24,29)(H,25,27)(H,26,28)/t17-,18?,19-/m0/s1. The van der Waals surface area contributed by atoms with Gasteiger partial charge < -0.3 is 10.6 Å². The molecule has 1 aromatic carbocycles. The number of nitrogens with one attached hydrogen (secondary N) is 3. The Labute approximate surface area is 197 Å². The minimum atomic E-state index is -0.771. The van der Waals surface area contributed by atoms with Gasteiger partial charge in [-0.15, -0.1) is 23.1 Å². The molecule has 9 heteroatoms. The molecule has 0 saturated heterocycles. The third-order valence-electron chi connectivity index (χ3n) is 5.06. The molecule has 0 aliphatic rings. The van der Waals surface area contributed by atoms with Crippen molar-refractivity contribution in [2.75, 3.05) is 12.8 Å². The zero-order valence-corrected chi connectivity index (χ0v) is 20.2. The lowest BCUT2D eigenvalue weighted by Gasteiger charge is -2.28. The van der Waals surface area contributed by atoms with E-state index < -0.39 is 23.8 Å². The molecule has 4 N–H and O–H groups in total. The molecule has 0 saturated carbocycles. The predicted molar refractivity (Wildman–Crippen MR) is 128 cm³/mol. The van der Waals surface area contributed by atoms with Crippen molar-refractivity contribution >= 4 is 40.8 Å². The third-order valence-corrected chi connectivity index (χ3v) is 7.31.